The average Bonchev–Trinajstić information content (AvgIpc) is 2.15. The van der Waals surface area contributed by atoms with Gasteiger partial charge in [-0.3, -0.25) is 0 Å². The first-order chi connectivity index (χ1) is 7.04. The van der Waals surface area contributed by atoms with Crippen LogP contribution < -0.4 is 4.74 Å². The molecule has 0 amide bonds. The van der Waals surface area contributed by atoms with Gasteiger partial charge in [0.05, 0.1) is 0 Å². The van der Waals surface area contributed by atoms with E-state index in [1.165, 1.54) is 12.1 Å². The van der Waals surface area contributed by atoms with Crippen LogP contribution in [0, 0.1) is 0 Å². The molecule has 78 valence electrons. The third-order valence-corrected chi connectivity index (χ3v) is 1.95. The Morgan fingerprint density at radius 3 is 2.20 bits per heavy atom. The molecule has 0 spiro atoms. The lowest BCUT2D eigenvalue weighted by Gasteiger charge is -2.09. The summed E-state index contributed by atoms with van der Waals surface area (Å²) in [6.07, 6.45) is -4.64. The molecular formula is C11H7F3O. The molecule has 0 aliphatic heterocycles. The molecule has 0 N–H and O–H groups in total. The van der Waals surface area contributed by atoms with Gasteiger partial charge in [-0.05, 0) is 22.9 Å². The fourth-order valence-corrected chi connectivity index (χ4v) is 1.36. The molecule has 15 heavy (non-hydrogen) atoms. The minimum absolute atomic E-state index is 0.193. The Bertz CT molecular complexity index is 476. The van der Waals surface area contributed by atoms with E-state index in [9.17, 15) is 13.2 Å². The number of hydrogen-bond acceptors (Lipinski definition) is 1. The SMILES string of the molecule is FC(F)([18F])Oc1ccc2ccccc2c1. The summed E-state index contributed by atoms with van der Waals surface area (Å²) in [6.45, 7) is 0. The van der Waals surface area contributed by atoms with E-state index in [-0.39, 0.29) is 5.75 Å². The Kier molecular flexibility index (Phi) is 2.26. The molecule has 0 radical (unpaired) electrons. The molecule has 0 aliphatic rings. The highest BCUT2D eigenvalue weighted by Crippen LogP contribution is 2.26. The van der Waals surface area contributed by atoms with Crippen molar-refractivity contribution < 1.29 is 17.9 Å². The van der Waals surface area contributed by atoms with Gasteiger partial charge >= 0.3 is 6.36 Å². The molecule has 4 heteroatoms. The lowest BCUT2D eigenvalue weighted by molar-refractivity contribution is -0.274. The highest BCUT2D eigenvalue weighted by Gasteiger charge is 2.30. The monoisotopic (exact) mass is 211 g/mol. The Morgan fingerprint density at radius 2 is 1.53 bits per heavy atom. The Balaban J connectivity index is 2.39. The second-order valence-electron chi connectivity index (χ2n) is 3.06. The van der Waals surface area contributed by atoms with Gasteiger partial charge in [-0.25, -0.2) is 0 Å². The molecule has 0 heterocycles. The summed E-state index contributed by atoms with van der Waals surface area (Å²) in [5.74, 6) is -0.193. The number of alkyl halides is 3. The van der Waals surface area contributed by atoms with Crippen molar-refractivity contribution in [2.75, 3.05) is 0 Å². The van der Waals surface area contributed by atoms with Gasteiger partial charge in [0.25, 0.3) is 0 Å². The number of ether oxygens (including phenoxy) is 1. The smallest absolute Gasteiger partial charge is 0.406 e. The van der Waals surface area contributed by atoms with Crippen LogP contribution in [0.15, 0.2) is 42.5 Å². The first kappa shape index (κ1) is 9.83. The molecular weight excluding hydrogens is 204 g/mol. The van der Waals surface area contributed by atoms with Crippen molar-refractivity contribution in [1.29, 1.82) is 0 Å². The highest BCUT2D eigenvalue weighted by molar-refractivity contribution is 5.83. The molecule has 0 saturated heterocycles. The standard InChI is InChI=1S/C11H7F3O/c12-11(13,14)15-10-6-5-8-3-1-2-4-9(8)7-10/h1-7H/i12-1. The first-order valence-electron chi connectivity index (χ1n) is 4.29. The molecule has 0 saturated carbocycles. The minimum Gasteiger partial charge on any atom is -0.406 e. The van der Waals surface area contributed by atoms with Gasteiger partial charge in [-0.1, -0.05) is 30.3 Å². The van der Waals surface area contributed by atoms with E-state index >= 15 is 0 Å². The van der Waals surface area contributed by atoms with Gasteiger partial charge in [0.2, 0.25) is 0 Å². The van der Waals surface area contributed by atoms with Gasteiger partial charge in [-0.2, -0.15) is 0 Å². The zero-order chi connectivity index (χ0) is 10.9. The Hall–Kier alpha value is -1.71. The number of hydrogen-bond donors (Lipinski definition) is 0. The largest absolute Gasteiger partial charge is 0.573 e. The van der Waals surface area contributed by atoms with Crippen LogP contribution in [0.25, 0.3) is 10.8 Å². The number of benzene rings is 2. The van der Waals surface area contributed by atoms with Gasteiger partial charge in [0, 0.05) is 0 Å². The molecule has 0 aliphatic carbocycles. The molecule has 2 rings (SSSR count). The van der Waals surface area contributed by atoms with E-state index in [0.717, 1.165) is 10.8 Å². The Morgan fingerprint density at radius 1 is 0.867 bits per heavy atom. The fraction of sp³-hybridized carbons (Fsp3) is 0.0909. The van der Waals surface area contributed by atoms with Crippen molar-refractivity contribution >= 4 is 10.8 Å². The summed E-state index contributed by atoms with van der Waals surface area (Å²) in [5.41, 5.74) is 0. The summed E-state index contributed by atoms with van der Waals surface area (Å²) >= 11 is 0. The van der Waals surface area contributed by atoms with Crippen LogP contribution in [0.2, 0.25) is 0 Å². The molecule has 0 fully saturated rings. The maximum absolute atomic E-state index is 11.9. The van der Waals surface area contributed by atoms with E-state index in [1.807, 2.05) is 12.1 Å². The Labute approximate surface area is 84.1 Å². The van der Waals surface area contributed by atoms with E-state index in [1.54, 1.807) is 18.2 Å². The van der Waals surface area contributed by atoms with Crippen LogP contribution in [0.4, 0.5) is 13.2 Å². The second-order valence-corrected chi connectivity index (χ2v) is 3.06. The average molecular weight is 211 g/mol. The molecule has 0 unspecified atom stereocenters. The molecule has 1 nitrogen and oxygen atoms in total. The van der Waals surface area contributed by atoms with E-state index < -0.39 is 6.36 Å². The van der Waals surface area contributed by atoms with E-state index in [2.05, 4.69) is 4.74 Å². The van der Waals surface area contributed by atoms with Gasteiger partial charge in [0.1, 0.15) is 5.75 Å². The quantitative estimate of drug-likeness (QED) is 0.698. The number of fused-ring (bicyclic) bond motifs is 1. The van der Waals surface area contributed by atoms with Crippen LogP contribution in [-0.2, 0) is 0 Å². The van der Waals surface area contributed by atoms with Crippen LogP contribution in [0.5, 0.6) is 5.75 Å². The van der Waals surface area contributed by atoms with Crippen LogP contribution in [-0.4, -0.2) is 6.36 Å². The summed E-state index contributed by atoms with van der Waals surface area (Å²) in [4.78, 5) is 0. The minimum atomic E-state index is -4.64. The first-order valence-corrected chi connectivity index (χ1v) is 4.29. The van der Waals surface area contributed by atoms with E-state index in [4.69, 9.17) is 0 Å². The summed E-state index contributed by atoms with van der Waals surface area (Å²) in [7, 11) is 0. The lowest BCUT2D eigenvalue weighted by atomic mass is 10.1. The van der Waals surface area contributed by atoms with Gasteiger partial charge < -0.3 is 4.74 Å². The summed E-state index contributed by atoms with van der Waals surface area (Å²) in [6, 6.07) is 11.4. The predicted molar refractivity (Wildman–Crippen MR) is 50.6 cm³/mol. The van der Waals surface area contributed by atoms with Crippen molar-refractivity contribution in [3.63, 3.8) is 0 Å². The van der Waals surface area contributed by atoms with Gasteiger partial charge in [-0.15, -0.1) is 13.2 Å². The zero-order valence-corrected chi connectivity index (χ0v) is 7.58. The maximum atomic E-state index is 11.9. The topological polar surface area (TPSA) is 9.23 Å². The molecule has 2 aromatic rings. The normalized spacial score (nSPS) is 11.7. The second kappa shape index (κ2) is 3.46. The zero-order valence-electron chi connectivity index (χ0n) is 7.58. The predicted octanol–water partition coefficient (Wildman–Crippen LogP) is 3.74. The van der Waals surface area contributed by atoms with Crippen LogP contribution in [0.3, 0.4) is 0 Å². The van der Waals surface area contributed by atoms with Gasteiger partial charge in [0.15, 0.2) is 0 Å². The number of rotatable bonds is 1. The number of halogens is 3. The molecule has 2 aromatic carbocycles. The van der Waals surface area contributed by atoms with Crippen molar-refractivity contribution in [3.05, 3.63) is 42.5 Å². The van der Waals surface area contributed by atoms with E-state index in [0.29, 0.717) is 0 Å². The van der Waals surface area contributed by atoms with Crippen LogP contribution in [0.1, 0.15) is 0 Å². The van der Waals surface area contributed by atoms with Crippen molar-refractivity contribution in [3.8, 4) is 5.75 Å². The fourth-order valence-electron chi connectivity index (χ4n) is 1.36. The molecule has 0 atom stereocenters. The lowest BCUT2D eigenvalue weighted by Crippen LogP contribution is -2.16. The molecule has 0 aromatic heterocycles. The maximum Gasteiger partial charge on any atom is 0.573 e. The third kappa shape index (κ3) is 2.40. The van der Waals surface area contributed by atoms with Crippen molar-refractivity contribution in [2.24, 2.45) is 0 Å². The molecule has 0 bridgehead atoms. The third-order valence-electron chi connectivity index (χ3n) is 1.95. The highest BCUT2D eigenvalue weighted by atomic mass is 19.3. The van der Waals surface area contributed by atoms with Crippen LogP contribution >= 0.6 is 0 Å². The van der Waals surface area contributed by atoms with Crippen molar-refractivity contribution in [1.82, 2.24) is 0 Å². The van der Waals surface area contributed by atoms with Crippen molar-refractivity contribution in [2.45, 2.75) is 6.36 Å². The summed E-state index contributed by atoms with van der Waals surface area (Å²) < 4.78 is 39.6. The summed E-state index contributed by atoms with van der Waals surface area (Å²) in [5, 5.41) is 1.60.